The van der Waals surface area contributed by atoms with Crippen LogP contribution in [0.2, 0.25) is 0 Å². The lowest BCUT2D eigenvalue weighted by molar-refractivity contribution is -0.118. The number of amides is 1. The van der Waals surface area contributed by atoms with E-state index in [1.807, 2.05) is 10.8 Å². The van der Waals surface area contributed by atoms with Crippen LogP contribution in [0, 0.1) is 11.3 Å². The van der Waals surface area contributed by atoms with E-state index >= 15 is 0 Å². The van der Waals surface area contributed by atoms with Crippen molar-refractivity contribution in [3.8, 4) is 11.8 Å². The number of rotatable bonds is 5. The molecule has 0 spiro atoms. The fraction of sp³-hybridized carbons (Fsp3) is 0.133. The number of carbonyl (C=O) groups is 1. The highest BCUT2D eigenvalue weighted by atomic mass is 79.9. The normalized spacial score (nSPS) is 10.7. The van der Waals surface area contributed by atoms with Crippen LogP contribution in [0.3, 0.4) is 0 Å². The summed E-state index contributed by atoms with van der Waals surface area (Å²) in [6, 6.07) is 9.01. The van der Waals surface area contributed by atoms with Crippen molar-refractivity contribution in [3.63, 3.8) is 0 Å². The van der Waals surface area contributed by atoms with Crippen molar-refractivity contribution in [1.82, 2.24) is 9.71 Å². The molecule has 7 nitrogen and oxygen atoms in total. The van der Waals surface area contributed by atoms with Gasteiger partial charge in [0.1, 0.15) is 5.75 Å². The molecule has 2 aromatic rings. The highest BCUT2D eigenvalue weighted by Crippen LogP contribution is 2.19. The van der Waals surface area contributed by atoms with Gasteiger partial charge in [0.2, 0.25) is 5.91 Å². The zero-order valence-corrected chi connectivity index (χ0v) is 14.9. The fourth-order valence-electron chi connectivity index (χ4n) is 1.83. The van der Waals surface area contributed by atoms with Gasteiger partial charge in [0, 0.05) is 10.2 Å². The average molecular weight is 410 g/mol. The van der Waals surface area contributed by atoms with Crippen LogP contribution in [-0.2, 0) is 21.2 Å². The molecule has 0 bridgehead atoms. The number of nitrogens with zero attached hydrogens (tertiary/aromatic N) is 2. The number of hydrogen-bond acceptors (Lipinski definition) is 6. The summed E-state index contributed by atoms with van der Waals surface area (Å²) in [4.78, 5) is 15.8. The fourth-order valence-corrected chi connectivity index (χ4v) is 3.53. The van der Waals surface area contributed by atoms with Crippen molar-refractivity contribution in [2.75, 3.05) is 7.11 Å². The lowest BCUT2D eigenvalue weighted by Crippen LogP contribution is -2.32. The number of sulfonamides is 1. The first-order valence-corrected chi connectivity index (χ1v) is 8.87. The molecule has 9 heteroatoms. The van der Waals surface area contributed by atoms with Crippen LogP contribution in [0.1, 0.15) is 11.3 Å². The lowest BCUT2D eigenvalue weighted by atomic mass is 10.2. The molecule has 24 heavy (non-hydrogen) atoms. The van der Waals surface area contributed by atoms with Crippen LogP contribution < -0.4 is 9.46 Å². The van der Waals surface area contributed by atoms with Gasteiger partial charge in [-0.15, -0.1) is 0 Å². The molecular formula is C15H12BrN3O4S. The highest BCUT2D eigenvalue weighted by Gasteiger charge is 2.19. The number of methoxy groups -OCH3 is 1. The van der Waals surface area contributed by atoms with Crippen LogP contribution in [0.25, 0.3) is 0 Å². The third-order valence-electron chi connectivity index (χ3n) is 2.93. The molecule has 0 fully saturated rings. The third-order valence-corrected chi connectivity index (χ3v) is 4.74. The van der Waals surface area contributed by atoms with E-state index in [1.165, 1.54) is 31.5 Å². The molecule has 0 atom stereocenters. The maximum atomic E-state index is 12.3. The zero-order valence-electron chi connectivity index (χ0n) is 12.5. The summed E-state index contributed by atoms with van der Waals surface area (Å²) in [6.45, 7) is 0. The molecule has 0 aliphatic heterocycles. The van der Waals surface area contributed by atoms with E-state index < -0.39 is 15.9 Å². The number of pyridine rings is 1. The lowest BCUT2D eigenvalue weighted by Gasteiger charge is -2.08. The number of nitriles is 1. The number of halogens is 1. The van der Waals surface area contributed by atoms with Gasteiger partial charge in [-0.2, -0.15) is 5.26 Å². The summed E-state index contributed by atoms with van der Waals surface area (Å²) in [5.74, 6) is -0.198. The minimum atomic E-state index is -4.08. The predicted octanol–water partition coefficient (Wildman–Crippen LogP) is 1.77. The van der Waals surface area contributed by atoms with E-state index in [0.29, 0.717) is 15.9 Å². The zero-order chi connectivity index (χ0) is 17.7. The molecule has 0 aliphatic carbocycles. The SMILES string of the molecule is COc1ccc(CC(=O)NS(=O)(=O)c2cc(Br)cc(C#N)c2)nc1. The molecule has 0 radical (unpaired) electrons. The van der Waals surface area contributed by atoms with Gasteiger partial charge >= 0.3 is 0 Å². The molecule has 1 amide bonds. The molecule has 2 rings (SSSR count). The van der Waals surface area contributed by atoms with Crippen LogP contribution in [0.4, 0.5) is 0 Å². The second-order valence-corrected chi connectivity index (χ2v) is 7.28. The average Bonchev–Trinajstić information content (AvgIpc) is 2.54. The topological polar surface area (TPSA) is 109 Å². The molecule has 0 saturated heterocycles. The summed E-state index contributed by atoms with van der Waals surface area (Å²) < 4.78 is 31.8. The van der Waals surface area contributed by atoms with Crippen molar-refractivity contribution in [2.24, 2.45) is 0 Å². The van der Waals surface area contributed by atoms with Crippen LogP contribution in [0.5, 0.6) is 5.75 Å². The molecule has 0 aliphatic rings. The van der Waals surface area contributed by atoms with Gasteiger partial charge in [-0.25, -0.2) is 13.1 Å². The van der Waals surface area contributed by atoms with Crippen molar-refractivity contribution < 1.29 is 17.9 Å². The minimum Gasteiger partial charge on any atom is -0.495 e. The number of benzene rings is 1. The smallest absolute Gasteiger partial charge is 0.264 e. The van der Waals surface area contributed by atoms with Gasteiger partial charge < -0.3 is 4.74 Å². The minimum absolute atomic E-state index is 0.161. The Bertz CT molecular complexity index is 905. The van der Waals surface area contributed by atoms with Crippen LogP contribution >= 0.6 is 15.9 Å². The molecule has 0 unspecified atom stereocenters. The molecule has 0 saturated carbocycles. The van der Waals surface area contributed by atoms with Crippen molar-refractivity contribution in [2.45, 2.75) is 11.3 Å². The number of hydrogen-bond donors (Lipinski definition) is 1. The van der Waals surface area contributed by atoms with Crippen LogP contribution in [0.15, 0.2) is 45.9 Å². The van der Waals surface area contributed by atoms with E-state index in [9.17, 15) is 13.2 Å². The second-order valence-electron chi connectivity index (χ2n) is 4.68. The summed E-state index contributed by atoms with van der Waals surface area (Å²) in [7, 11) is -2.59. The number of nitrogens with one attached hydrogen (secondary N) is 1. The summed E-state index contributed by atoms with van der Waals surface area (Å²) in [6.07, 6.45) is 1.23. The van der Waals surface area contributed by atoms with E-state index in [0.717, 1.165) is 0 Å². The number of carbonyl (C=O) groups excluding carboxylic acids is 1. The van der Waals surface area contributed by atoms with Crippen LogP contribution in [-0.4, -0.2) is 26.4 Å². The maximum Gasteiger partial charge on any atom is 0.264 e. The molecule has 124 valence electrons. The van der Waals surface area contributed by atoms with Gasteiger partial charge in [-0.3, -0.25) is 9.78 Å². The van der Waals surface area contributed by atoms with Gasteiger partial charge in [0.25, 0.3) is 10.0 Å². The van der Waals surface area contributed by atoms with Crippen molar-refractivity contribution in [3.05, 3.63) is 52.3 Å². The molecule has 1 heterocycles. The Labute approximate surface area is 147 Å². The summed E-state index contributed by atoms with van der Waals surface area (Å²) in [5, 5.41) is 8.90. The van der Waals surface area contributed by atoms with Crippen molar-refractivity contribution in [1.29, 1.82) is 5.26 Å². The van der Waals surface area contributed by atoms with Crippen molar-refractivity contribution >= 4 is 31.9 Å². The molecule has 1 N–H and O–H groups in total. The molecule has 1 aromatic heterocycles. The predicted molar refractivity (Wildman–Crippen MR) is 88.7 cm³/mol. The highest BCUT2D eigenvalue weighted by molar-refractivity contribution is 9.10. The number of aromatic nitrogens is 1. The van der Waals surface area contributed by atoms with E-state index in [-0.39, 0.29) is 16.9 Å². The Morgan fingerprint density at radius 3 is 2.71 bits per heavy atom. The van der Waals surface area contributed by atoms with Gasteiger partial charge in [0.15, 0.2) is 0 Å². The Balaban J connectivity index is 2.15. The van der Waals surface area contributed by atoms with E-state index in [1.54, 1.807) is 12.1 Å². The number of ether oxygens (including phenoxy) is 1. The Hall–Kier alpha value is -2.44. The Morgan fingerprint density at radius 1 is 1.38 bits per heavy atom. The largest absolute Gasteiger partial charge is 0.495 e. The standard InChI is InChI=1S/C15H12BrN3O4S/c1-23-13-3-2-12(18-9-13)7-15(20)19-24(21,22)14-5-10(8-17)4-11(16)6-14/h2-6,9H,7H2,1H3,(H,19,20). The van der Waals surface area contributed by atoms with Gasteiger partial charge in [-0.05, 0) is 30.3 Å². The van der Waals surface area contributed by atoms with Gasteiger partial charge in [-0.1, -0.05) is 15.9 Å². The summed E-state index contributed by atoms with van der Waals surface area (Å²) >= 11 is 3.13. The summed E-state index contributed by atoms with van der Waals surface area (Å²) in [5.41, 5.74) is 0.560. The van der Waals surface area contributed by atoms with E-state index in [2.05, 4.69) is 20.9 Å². The first-order valence-electron chi connectivity index (χ1n) is 6.59. The third kappa shape index (κ3) is 4.53. The van der Waals surface area contributed by atoms with Gasteiger partial charge in [0.05, 0.1) is 36.3 Å². The first-order chi connectivity index (χ1) is 11.3. The molecule has 1 aromatic carbocycles. The monoisotopic (exact) mass is 409 g/mol. The Morgan fingerprint density at radius 2 is 2.12 bits per heavy atom. The van der Waals surface area contributed by atoms with E-state index in [4.69, 9.17) is 10.00 Å². The molecular weight excluding hydrogens is 398 g/mol. The first kappa shape index (κ1) is 17.9. The Kier molecular flexibility index (Phi) is 5.54. The second kappa shape index (κ2) is 7.42. The quantitative estimate of drug-likeness (QED) is 0.805. The maximum absolute atomic E-state index is 12.3.